The predicted octanol–water partition coefficient (Wildman–Crippen LogP) is 4.00. The molecule has 4 rings (SSSR count). The van der Waals surface area contributed by atoms with Crippen molar-refractivity contribution in [2.24, 2.45) is 5.92 Å². The molecule has 1 saturated carbocycles. The fraction of sp³-hybridized carbons (Fsp3) is 0.250. The van der Waals surface area contributed by atoms with E-state index in [2.05, 4.69) is 15.3 Å². The molecule has 26 heavy (non-hydrogen) atoms. The van der Waals surface area contributed by atoms with Gasteiger partial charge in [0, 0.05) is 29.8 Å². The molecule has 0 unspecified atom stereocenters. The lowest BCUT2D eigenvalue weighted by molar-refractivity contribution is 0.0951. The summed E-state index contributed by atoms with van der Waals surface area (Å²) in [5.74, 6) is 1.19. The number of pyridine rings is 2. The van der Waals surface area contributed by atoms with Crippen molar-refractivity contribution in [1.82, 2.24) is 15.3 Å². The lowest BCUT2D eigenvalue weighted by Gasteiger charge is -2.08. The van der Waals surface area contributed by atoms with Gasteiger partial charge in [-0.25, -0.2) is 9.97 Å². The number of hydrogen-bond acceptors (Lipinski definition) is 4. The number of halogens is 1. The molecule has 132 valence electrons. The summed E-state index contributed by atoms with van der Waals surface area (Å²) in [6.45, 7) is 1.15. The molecule has 1 aliphatic carbocycles. The van der Waals surface area contributed by atoms with Crippen LogP contribution in [0, 0.1) is 5.92 Å². The van der Waals surface area contributed by atoms with E-state index >= 15 is 0 Å². The maximum absolute atomic E-state index is 12.4. The highest BCUT2D eigenvalue weighted by Gasteiger charge is 2.22. The average Bonchev–Trinajstić information content (AvgIpc) is 3.49. The van der Waals surface area contributed by atoms with Gasteiger partial charge in [0.15, 0.2) is 0 Å². The summed E-state index contributed by atoms with van der Waals surface area (Å²) in [4.78, 5) is 20.9. The molecule has 0 spiro atoms. The Bertz CT molecular complexity index is 939. The van der Waals surface area contributed by atoms with E-state index in [-0.39, 0.29) is 5.91 Å². The fourth-order valence-corrected chi connectivity index (χ4v) is 2.77. The largest absolute Gasteiger partial charge is 0.477 e. The van der Waals surface area contributed by atoms with Crippen molar-refractivity contribution >= 4 is 28.4 Å². The quantitative estimate of drug-likeness (QED) is 0.669. The van der Waals surface area contributed by atoms with Crippen LogP contribution in [0.5, 0.6) is 5.88 Å². The van der Waals surface area contributed by atoms with Gasteiger partial charge in [0.1, 0.15) is 5.15 Å². The number of rotatable bonds is 6. The molecule has 0 bridgehead atoms. The topological polar surface area (TPSA) is 64.1 Å². The van der Waals surface area contributed by atoms with E-state index in [0.717, 1.165) is 23.1 Å². The van der Waals surface area contributed by atoms with Crippen LogP contribution >= 0.6 is 11.6 Å². The van der Waals surface area contributed by atoms with Gasteiger partial charge in [0.2, 0.25) is 5.88 Å². The minimum absolute atomic E-state index is 0.143. The summed E-state index contributed by atoms with van der Waals surface area (Å²) in [5, 5.41) is 4.22. The van der Waals surface area contributed by atoms with Crippen molar-refractivity contribution in [3.05, 3.63) is 64.9 Å². The maximum atomic E-state index is 12.4. The molecular weight excluding hydrogens is 350 g/mol. The number of hydrogen-bond donors (Lipinski definition) is 1. The van der Waals surface area contributed by atoms with E-state index in [1.165, 1.54) is 12.8 Å². The molecule has 2 aromatic heterocycles. The SMILES string of the molecule is O=C(NCc1ccc(OCC2CC2)nc1)c1ccc2nc(Cl)ccc2c1. The summed E-state index contributed by atoms with van der Waals surface area (Å²) in [6.07, 6.45) is 4.23. The van der Waals surface area contributed by atoms with Crippen LogP contribution in [-0.2, 0) is 6.54 Å². The second kappa shape index (κ2) is 7.30. The molecule has 0 radical (unpaired) electrons. The van der Waals surface area contributed by atoms with Crippen molar-refractivity contribution in [1.29, 1.82) is 0 Å². The molecule has 6 heteroatoms. The van der Waals surface area contributed by atoms with Gasteiger partial charge in [0.25, 0.3) is 5.91 Å². The Labute approximate surface area is 156 Å². The summed E-state index contributed by atoms with van der Waals surface area (Å²) >= 11 is 5.88. The van der Waals surface area contributed by atoms with E-state index < -0.39 is 0 Å². The van der Waals surface area contributed by atoms with Crippen molar-refractivity contribution in [3.63, 3.8) is 0 Å². The Kier molecular flexibility index (Phi) is 4.71. The number of benzene rings is 1. The average molecular weight is 368 g/mol. The molecule has 1 N–H and O–H groups in total. The first kappa shape index (κ1) is 16.8. The Hall–Kier alpha value is -2.66. The van der Waals surface area contributed by atoms with E-state index in [4.69, 9.17) is 16.3 Å². The van der Waals surface area contributed by atoms with Gasteiger partial charge in [-0.15, -0.1) is 0 Å². The lowest BCUT2D eigenvalue weighted by atomic mass is 10.1. The summed E-state index contributed by atoms with van der Waals surface area (Å²) in [5.41, 5.74) is 2.27. The zero-order chi connectivity index (χ0) is 17.9. The van der Waals surface area contributed by atoms with Crippen LogP contribution < -0.4 is 10.1 Å². The van der Waals surface area contributed by atoms with Crippen LogP contribution in [0.25, 0.3) is 10.9 Å². The van der Waals surface area contributed by atoms with Crippen molar-refractivity contribution in [2.45, 2.75) is 19.4 Å². The molecule has 0 aliphatic heterocycles. The molecule has 0 atom stereocenters. The lowest BCUT2D eigenvalue weighted by Crippen LogP contribution is -2.22. The molecule has 1 amide bonds. The predicted molar refractivity (Wildman–Crippen MR) is 100 cm³/mol. The molecule has 1 fully saturated rings. The first-order valence-electron chi connectivity index (χ1n) is 8.59. The second-order valence-corrected chi connectivity index (χ2v) is 6.87. The van der Waals surface area contributed by atoms with E-state index in [1.54, 1.807) is 30.5 Å². The molecule has 0 saturated heterocycles. The van der Waals surface area contributed by atoms with Gasteiger partial charge in [-0.1, -0.05) is 17.7 Å². The van der Waals surface area contributed by atoms with Crippen molar-refractivity contribution in [2.75, 3.05) is 6.61 Å². The molecular formula is C20H18ClN3O2. The molecule has 2 heterocycles. The third-order valence-electron chi connectivity index (χ3n) is 4.33. The van der Waals surface area contributed by atoms with Gasteiger partial charge in [-0.3, -0.25) is 4.79 Å². The number of fused-ring (bicyclic) bond motifs is 1. The number of carbonyl (C=O) groups is 1. The Morgan fingerprint density at radius 1 is 1.19 bits per heavy atom. The van der Waals surface area contributed by atoms with Gasteiger partial charge in [0.05, 0.1) is 12.1 Å². The summed E-state index contributed by atoms with van der Waals surface area (Å²) < 4.78 is 5.62. The molecule has 1 aromatic carbocycles. The first-order valence-corrected chi connectivity index (χ1v) is 8.97. The van der Waals surface area contributed by atoms with Crippen molar-refractivity contribution in [3.8, 4) is 5.88 Å². The fourth-order valence-electron chi connectivity index (χ4n) is 2.61. The van der Waals surface area contributed by atoms with Crippen LogP contribution in [0.4, 0.5) is 0 Å². The van der Waals surface area contributed by atoms with Crippen LogP contribution in [0.3, 0.4) is 0 Å². The number of ether oxygens (including phenoxy) is 1. The summed E-state index contributed by atoms with van der Waals surface area (Å²) in [6, 6.07) is 12.7. The van der Waals surface area contributed by atoms with Crippen LogP contribution in [0.2, 0.25) is 5.15 Å². The smallest absolute Gasteiger partial charge is 0.251 e. The van der Waals surface area contributed by atoms with E-state index in [1.807, 2.05) is 18.2 Å². The zero-order valence-electron chi connectivity index (χ0n) is 14.1. The molecule has 5 nitrogen and oxygen atoms in total. The molecule has 1 aliphatic rings. The number of nitrogens with one attached hydrogen (secondary N) is 1. The van der Waals surface area contributed by atoms with E-state index in [9.17, 15) is 4.79 Å². The number of aromatic nitrogens is 2. The third kappa shape index (κ3) is 4.11. The Morgan fingerprint density at radius 3 is 2.85 bits per heavy atom. The van der Waals surface area contributed by atoms with Crippen LogP contribution in [-0.4, -0.2) is 22.5 Å². The second-order valence-electron chi connectivity index (χ2n) is 6.48. The highest BCUT2D eigenvalue weighted by molar-refractivity contribution is 6.29. The molecule has 3 aromatic rings. The van der Waals surface area contributed by atoms with Crippen LogP contribution in [0.15, 0.2) is 48.7 Å². The van der Waals surface area contributed by atoms with E-state index in [0.29, 0.717) is 29.1 Å². The number of nitrogens with zero attached hydrogens (tertiary/aromatic N) is 2. The Balaban J connectivity index is 1.36. The van der Waals surface area contributed by atoms with Crippen molar-refractivity contribution < 1.29 is 9.53 Å². The highest BCUT2D eigenvalue weighted by Crippen LogP contribution is 2.29. The minimum atomic E-state index is -0.143. The van der Waals surface area contributed by atoms with Crippen LogP contribution in [0.1, 0.15) is 28.8 Å². The summed E-state index contributed by atoms with van der Waals surface area (Å²) in [7, 11) is 0. The minimum Gasteiger partial charge on any atom is -0.477 e. The maximum Gasteiger partial charge on any atom is 0.251 e. The normalized spacial score (nSPS) is 13.6. The standard InChI is InChI=1S/C20H18ClN3O2/c21-18-7-5-15-9-16(4-6-17(15)24-18)20(25)23-11-14-3-8-19(22-10-14)26-12-13-1-2-13/h3-10,13H,1-2,11-12H2,(H,23,25). The highest BCUT2D eigenvalue weighted by atomic mass is 35.5. The zero-order valence-corrected chi connectivity index (χ0v) is 14.9. The van der Waals surface area contributed by atoms with Gasteiger partial charge in [-0.05, 0) is 54.7 Å². The van der Waals surface area contributed by atoms with Gasteiger partial charge >= 0.3 is 0 Å². The first-order chi connectivity index (χ1) is 12.7. The Morgan fingerprint density at radius 2 is 2.08 bits per heavy atom. The number of amides is 1. The third-order valence-corrected chi connectivity index (χ3v) is 4.54. The monoisotopic (exact) mass is 367 g/mol. The number of carbonyl (C=O) groups excluding carboxylic acids is 1. The van der Waals surface area contributed by atoms with Gasteiger partial charge < -0.3 is 10.1 Å². The van der Waals surface area contributed by atoms with Gasteiger partial charge in [-0.2, -0.15) is 0 Å².